The summed E-state index contributed by atoms with van der Waals surface area (Å²) in [6, 6.07) is 0. The summed E-state index contributed by atoms with van der Waals surface area (Å²) in [7, 11) is -9.15. The molecule has 0 saturated carbocycles. The molecule has 2 N–H and O–H groups in total. The number of hydrogen-bond acceptors (Lipinski definition) is 10. The van der Waals surface area contributed by atoms with Gasteiger partial charge in [-0.05, 0) is 12.8 Å². The SMILES string of the molecule is CCCCCCCCCCOCC(COCCCCCCCCCC)(COCCOS(=O)(=O)O)COCCOS(=O)(=O)O. The summed E-state index contributed by atoms with van der Waals surface area (Å²) in [5.74, 6) is 0. The van der Waals surface area contributed by atoms with Gasteiger partial charge in [0.05, 0.1) is 58.3 Å². The number of hydrogen-bond donors (Lipinski definition) is 2. The third kappa shape index (κ3) is 31.4. The summed E-state index contributed by atoms with van der Waals surface area (Å²) >= 11 is 0. The molecule has 0 saturated heterocycles. The first-order chi connectivity index (χ1) is 20.5. The van der Waals surface area contributed by atoms with Gasteiger partial charge in [-0.3, -0.25) is 9.11 Å². The molecule has 0 amide bonds. The zero-order chi connectivity index (χ0) is 32.1. The Morgan fingerprint density at radius 2 is 0.698 bits per heavy atom. The lowest BCUT2D eigenvalue weighted by atomic mass is 9.92. The van der Waals surface area contributed by atoms with E-state index in [1.54, 1.807) is 0 Å². The van der Waals surface area contributed by atoms with E-state index in [9.17, 15) is 16.8 Å². The molecule has 0 atom stereocenters. The van der Waals surface area contributed by atoms with Gasteiger partial charge in [0.15, 0.2) is 0 Å². The van der Waals surface area contributed by atoms with Crippen molar-refractivity contribution < 1.29 is 53.3 Å². The largest absolute Gasteiger partial charge is 0.397 e. The van der Waals surface area contributed by atoms with Gasteiger partial charge >= 0.3 is 20.8 Å². The molecule has 0 aromatic heterocycles. The van der Waals surface area contributed by atoms with E-state index >= 15 is 0 Å². The Bertz CT molecular complexity index is 753. The molecule has 43 heavy (non-hydrogen) atoms. The van der Waals surface area contributed by atoms with Crippen molar-refractivity contribution in [1.29, 1.82) is 0 Å². The maximum atomic E-state index is 10.8. The van der Waals surface area contributed by atoms with Gasteiger partial charge < -0.3 is 18.9 Å². The fraction of sp³-hybridized carbons (Fsp3) is 1.00. The van der Waals surface area contributed by atoms with Crippen LogP contribution < -0.4 is 0 Å². The third-order valence-electron chi connectivity index (χ3n) is 6.84. The van der Waals surface area contributed by atoms with Gasteiger partial charge in [0.2, 0.25) is 0 Å². The maximum Gasteiger partial charge on any atom is 0.397 e. The van der Waals surface area contributed by atoms with Crippen molar-refractivity contribution in [2.24, 2.45) is 5.41 Å². The topological polar surface area (TPSA) is 164 Å². The second kappa shape index (κ2) is 27.9. The normalized spacial score (nSPS) is 12.7. The van der Waals surface area contributed by atoms with Crippen molar-refractivity contribution in [2.45, 2.75) is 117 Å². The minimum absolute atomic E-state index is 0.0792. The summed E-state index contributed by atoms with van der Waals surface area (Å²) in [5, 5.41) is 0. The highest BCUT2D eigenvalue weighted by Gasteiger charge is 2.32. The Morgan fingerprint density at radius 1 is 0.419 bits per heavy atom. The van der Waals surface area contributed by atoms with E-state index in [1.807, 2.05) is 0 Å². The summed E-state index contributed by atoms with van der Waals surface area (Å²) in [6.45, 7) is 5.19. The van der Waals surface area contributed by atoms with Crippen LogP contribution in [0.5, 0.6) is 0 Å². The average Bonchev–Trinajstić information content (AvgIpc) is 2.93. The van der Waals surface area contributed by atoms with Gasteiger partial charge in [0, 0.05) is 13.2 Å². The fourth-order valence-electron chi connectivity index (χ4n) is 4.48. The second-order valence-corrected chi connectivity index (χ2v) is 13.3. The van der Waals surface area contributed by atoms with E-state index in [2.05, 4.69) is 22.2 Å². The van der Waals surface area contributed by atoms with Gasteiger partial charge in [-0.1, -0.05) is 104 Å². The standard InChI is InChI=1S/C29H60O12S2/c1-3-5-7-9-11-13-15-17-19-36-25-29(27-38-21-23-40-42(30,31)32,28-39-22-24-41-43(33,34)35)26-37-20-18-16-14-12-10-8-6-4-2/h3-28H2,1-2H3,(H,30,31,32)(H,33,34,35). The Morgan fingerprint density at radius 3 is 1.00 bits per heavy atom. The van der Waals surface area contributed by atoms with E-state index in [0.29, 0.717) is 13.2 Å². The quantitative estimate of drug-likeness (QED) is 0.0614. The molecule has 0 spiro atoms. The minimum atomic E-state index is -4.57. The van der Waals surface area contributed by atoms with Crippen LogP contribution in [0.4, 0.5) is 0 Å². The van der Waals surface area contributed by atoms with Gasteiger partial charge in [-0.2, -0.15) is 16.8 Å². The van der Waals surface area contributed by atoms with E-state index in [0.717, 1.165) is 38.5 Å². The van der Waals surface area contributed by atoms with Crippen LogP contribution in [0.15, 0.2) is 0 Å². The lowest BCUT2D eigenvalue weighted by Crippen LogP contribution is -2.42. The van der Waals surface area contributed by atoms with Gasteiger partial charge in [0.1, 0.15) is 0 Å². The monoisotopic (exact) mass is 664 g/mol. The average molecular weight is 665 g/mol. The first kappa shape index (κ1) is 42.6. The lowest BCUT2D eigenvalue weighted by Gasteiger charge is -2.33. The molecule has 0 aromatic rings. The second-order valence-electron chi connectivity index (χ2n) is 11.2. The van der Waals surface area contributed by atoms with Crippen LogP contribution in [0, 0.1) is 5.41 Å². The van der Waals surface area contributed by atoms with E-state index in [1.165, 1.54) is 64.2 Å². The zero-order valence-corrected chi connectivity index (χ0v) is 28.3. The molecule has 12 nitrogen and oxygen atoms in total. The van der Waals surface area contributed by atoms with Crippen molar-refractivity contribution >= 4 is 20.8 Å². The van der Waals surface area contributed by atoms with Crippen LogP contribution >= 0.6 is 0 Å². The molecular formula is C29H60O12S2. The predicted molar refractivity (Wildman–Crippen MR) is 166 cm³/mol. The van der Waals surface area contributed by atoms with Crippen molar-refractivity contribution in [3.05, 3.63) is 0 Å². The summed E-state index contributed by atoms with van der Waals surface area (Å²) in [6.07, 6.45) is 18.8. The van der Waals surface area contributed by atoms with Gasteiger partial charge in [-0.15, -0.1) is 0 Å². The van der Waals surface area contributed by atoms with Crippen LogP contribution in [0.25, 0.3) is 0 Å². The summed E-state index contributed by atoms with van der Waals surface area (Å²) in [4.78, 5) is 0. The maximum absolute atomic E-state index is 10.8. The Labute approximate surface area is 261 Å². The molecule has 0 heterocycles. The minimum Gasteiger partial charge on any atom is -0.381 e. The van der Waals surface area contributed by atoms with Crippen molar-refractivity contribution in [3.63, 3.8) is 0 Å². The van der Waals surface area contributed by atoms with Crippen molar-refractivity contribution in [2.75, 3.05) is 66.1 Å². The summed E-state index contributed by atoms with van der Waals surface area (Å²) < 4.78 is 93.0. The Hall–Kier alpha value is -0.420. The highest BCUT2D eigenvalue weighted by Crippen LogP contribution is 2.22. The molecular weight excluding hydrogens is 604 g/mol. The molecule has 0 aliphatic rings. The van der Waals surface area contributed by atoms with E-state index < -0.39 is 26.2 Å². The zero-order valence-electron chi connectivity index (χ0n) is 26.7. The molecule has 0 rings (SSSR count). The predicted octanol–water partition coefficient (Wildman–Crippen LogP) is 5.96. The van der Waals surface area contributed by atoms with Crippen LogP contribution in [-0.2, 0) is 48.1 Å². The summed E-state index contributed by atoms with van der Waals surface area (Å²) in [5.41, 5.74) is -0.781. The molecule has 14 heteroatoms. The first-order valence-corrected chi connectivity index (χ1v) is 18.8. The molecule has 0 radical (unpaired) electrons. The van der Waals surface area contributed by atoms with Crippen LogP contribution in [0.3, 0.4) is 0 Å². The molecule has 0 unspecified atom stereocenters. The smallest absolute Gasteiger partial charge is 0.381 e. The molecule has 0 aromatic carbocycles. The molecule has 0 aliphatic carbocycles. The number of unbranched alkanes of at least 4 members (excludes halogenated alkanes) is 14. The van der Waals surface area contributed by atoms with Crippen LogP contribution in [0.2, 0.25) is 0 Å². The number of rotatable bonds is 34. The van der Waals surface area contributed by atoms with Crippen molar-refractivity contribution in [3.8, 4) is 0 Å². The lowest BCUT2D eigenvalue weighted by molar-refractivity contribution is -0.111. The van der Waals surface area contributed by atoms with Crippen molar-refractivity contribution in [1.82, 2.24) is 0 Å². The molecule has 0 fully saturated rings. The van der Waals surface area contributed by atoms with Crippen LogP contribution in [0.1, 0.15) is 117 Å². The molecule has 0 aliphatic heterocycles. The first-order valence-electron chi connectivity index (χ1n) is 16.1. The highest BCUT2D eigenvalue weighted by molar-refractivity contribution is 7.81. The third-order valence-corrected chi connectivity index (χ3v) is 7.77. The Kier molecular flexibility index (Phi) is 27.6. The fourth-order valence-corrected chi connectivity index (χ4v) is 5.03. The van der Waals surface area contributed by atoms with Crippen LogP contribution in [-0.4, -0.2) is 92.0 Å². The highest BCUT2D eigenvalue weighted by atomic mass is 32.3. The van der Waals surface area contributed by atoms with Gasteiger partial charge in [0.25, 0.3) is 0 Å². The number of ether oxygens (including phenoxy) is 4. The Balaban J connectivity index is 4.94. The van der Waals surface area contributed by atoms with E-state index in [4.69, 9.17) is 28.1 Å². The molecule has 0 bridgehead atoms. The van der Waals surface area contributed by atoms with Gasteiger partial charge in [-0.25, -0.2) is 8.37 Å². The molecule has 260 valence electrons. The van der Waals surface area contributed by atoms with E-state index in [-0.39, 0.29) is 52.9 Å².